The van der Waals surface area contributed by atoms with Crippen LogP contribution in [0.3, 0.4) is 0 Å². The van der Waals surface area contributed by atoms with Crippen LogP contribution in [0.5, 0.6) is 0 Å². The van der Waals surface area contributed by atoms with Crippen LogP contribution in [0.1, 0.15) is 38.2 Å². The first-order valence-electron chi connectivity index (χ1n) is 9.73. The average Bonchev–Trinajstić information content (AvgIpc) is 2.97. The fourth-order valence-electron chi connectivity index (χ4n) is 3.39. The molecule has 0 aliphatic heterocycles. The van der Waals surface area contributed by atoms with Gasteiger partial charge in [-0.05, 0) is 43.2 Å². The third-order valence-electron chi connectivity index (χ3n) is 4.98. The van der Waals surface area contributed by atoms with Gasteiger partial charge in [0.25, 0.3) is 0 Å². The highest BCUT2D eigenvalue weighted by molar-refractivity contribution is 5.91. The molecule has 7 nitrogen and oxygen atoms in total. The second-order valence-corrected chi connectivity index (χ2v) is 7.06. The number of aryl methyl sites for hydroxylation is 2. The number of aliphatic carboxylic acids is 1. The molecule has 0 saturated carbocycles. The van der Waals surface area contributed by atoms with Crippen LogP contribution >= 0.6 is 0 Å². The monoisotopic (exact) mass is 395 g/mol. The Kier molecular flexibility index (Phi) is 6.16. The standard InChI is InChI=1S/C22H25N3O4/c1-3-12-24-18-9-4-5-10-19(18)25(22(24)29)13-11-20(26)23-17-8-6-7-16(14-17)15(2)21(27)28/h4-10,14-15H,3,11-13H2,1-2H3,(H,23,26)(H,27,28). The molecule has 2 N–H and O–H groups in total. The minimum Gasteiger partial charge on any atom is -0.481 e. The van der Waals surface area contributed by atoms with E-state index in [0.717, 1.165) is 17.5 Å². The molecule has 29 heavy (non-hydrogen) atoms. The first-order chi connectivity index (χ1) is 13.9. The van der Waals surface area contributed by atoms with Crippen LogP contribution in [0.4, 0.5) is 5.69 Å². The number of nitrogens with zero attached hydrogens (tertiary/aromatic N) is 2. The number of carboxylic acids is 1. The zero-order chi connectivity index (χ0) is 21.0. The molecule has 1 aromatic heterocycles. The first-order valence-corrected chi connectivity index (χ1v) is 9.73. The summed E-state index contributed by atoms with van der Waals surface area (Å²) in [6, 6.07) is 14.4. The van der Waals surface area contributed by atoms with E-state index in [1.165, 1.54) is 0 Å². The molecular weight excluding hydrogens is 370 g/mol. The van der Waals surface area contributed by atoms with Crippen molar-refractivity contribution in [2.45, 2.75) is 45.7 Å². The second-order valence-electron chi connectivity index (χ2n) is 7.06. The average molecular weight is 395 g/mol. The maximum Gasteiger partial charge on any atom is 0.329 e. The van der Waals surface area contributed by atoms with Crippen LogP contribution < -0.4 is 11.0 Å². The number of nitrogens with one attached hydrogen (secondary N) is 1. The zero-order valence-electron chi connectivity index (χ0n) is 16.6. The van der Waals surface area contributed by atoms with Crippen molar-refractivity contribution in [3.05, 3.63) is 64.6 Å². The van der Waals surface area contributed by atoms with E-state index in [1.54, 1.807) is 40.3 Å². The Balaban J connectivity index is 1.74. The maximum absolute atomic E-state index is 12.8. The summed E-state index contributed by atoms with van der Waals surface area (Å²) in [5, 5.41) is 11.9. The highest BCUT2D eigenvalue weighted by Crippen LogP contribution is 2.20. The van der Waals surface area contributed by atoms with Crippen molar-refractivity contribution in [3.63, 3.8) is 0 Å². The van der Waals surface area contributed by atoms with Crippen LogP contribution in [0.25, 0.3) is 11.0 Å². The summed E-state index contributed by atoms with van der Waals surface area (Å²) in [6.45, 7) is 4.52. The Morgan fingerprint density at radius 3 is 2.31 bits per heavy atom. The Bertz CT molecular complexity index is 1100. The van der Waals surface area contributed by atoms with Crippen molar-refractivity contribution in [2.24, 2.45) is 0 Å². The Morgan fingerprint density at radius 1 is 1.03 bits per heavy atom. The van der Waals surface area contributed by atoms with Crippen LogP contribution in [0.15, 0.2) is 53.3 Å². The number of fused-ring (bicyclic) bond motifs is 1. The van der Waals surface area contributed by atoms with Crippen molar-refractivity contribution in [2.75, 3.05) is 5.32 Å². The lowest BCUT2D eigenvalue weighted by molar-refractivity contribution is -0.138. The third-order valence-corrected chi connectivity index (χ3v) is 4.98. The number of amides is 1. The lowest BCUT2D eigenvalue weighted by Gasteiger charge is -2.10. The highest BCUT2D eigenvalue weighted by atomic mass is 16.4. The predicted molar refractivity (Wildman–Crippen MR) is 112 cm³/mol. The summed E-state index contributed by atoms with van der Waals surface area (Å²) in [5.41, 5.74) is 2.74. The molecule has 0 fully saturated rings. The molecule has 0 aliphatic rings. The van der Waals surface area contributed by atoms with Crippen molar-refractivity contribution in [1.29, 1.82) is 0 Å². The van der Waals surface area contributed by atoms with Crippen LogP contribution in [0, 0.1) is 0 Å². The van der Waals surface area contributed by atoms with E-state index in [2.05, 4.69) is 5.32 Å². The number of hydrogen-bond donors (Lipinski definition) is 2. The maximum atomic E-state index is 12.8. The number of anilines is 1. The minimum atomic E-state index is -0.920. The van der Waals surface area contributed by atoms with E-state index in [1.807, 2.05) is 31.2 Å². The van der Waals surface area contributed by atoms with E-state index in [0.29, 0.717) is 17.8 Å². The number of carbonyl (C=O) groups excluding carboxylic acids is 1. The van der Waals surface area contributed by atoms with Gasteiger partial charge in [-0.15, -0.1) is 0 Å². The fraction of sp³-hybridized carbons (Fsp3) is 0.318. The second kappa shape index (κ2) is 8.77. The Morgan fingerprint density at radius 2 is 1.69 bits per heavy atom. The molecule has 3 rings (SSSR count). The molecule has 0 bridgehead atoms. The van der Waals surface area contributed by atoms with Crippen LogP contribution in [-0.4, -0.2) is 26.1 Å². The summed E-state index contributed by atoms with van der Waals surface area (Å²) in [6.07, 6.45) is 0.984. The minimum absolute atomic E-state index is 0.113. The Labute approximate surface area is 168 Å². The summed E-state index contributed by atoms with van der Waals surface area (Å²) in [5.74, 6) is -1.81. The van der Waals surface area contributed by atoms with Gasteiger partial charge >= 0.3 is 11.7 Å². The van der Waals surface area contributed by atoms with Gasteiger partial charge in [-0.25, -0.2) is 4.79 Å². The van der Waals surface area contributed by atoms with Crippen LogP contribution in [0.2, 0.25) is 0 Å². The molecule has 1 atom stereocenters. The largest absolute Gasteiger partial charge is 0.481 e. The normalized spacial score (nSPS) is 12.1. The summed E-state index contributed by atoms with van der Waals surface area (Å²) >= 11 is 0. The molecular formula is C22H25N3O4. The highest BCUT2D eigenvalue weighted by Gasteiger charge is 2.15. The SMILES string of the molecule is CCCn1c(=O)n(CCC(=O)Nc2cccc(C(C)C(=O)O)c2)c2ccccc21. The van der Waals surface area contributed by atoms with Gasteiger partial charge in [0.15, 0.2) is 0 Å². The molecule has 7 heteroatoms. The van der Waals surface area contributed by atoms with Gasteiger partial charge in [-0.2, -0.15) is 0 Å². The van der Waals surface area contributed by atoms with Gasteiger partial charge in [-0.3, -0.25) is 18.7 Å². The zero-order valence-corrected chi connectivity index (χ0v) is 16.6. The molecule has 3 aromatic rings. The number of aromatic nitrogens is 2. The van der Waals surface area contributed by atoms with E-state index in [9.17, 15) is 14.4 Å². The molecule has 1 amide bonds. The number of imidazole rings is 1. The van der Waals surface area contributed by atoms with Crippen LogP contribution in [-0.2, 0) is 22.7 Å². The smallest absolute Gasteiger partial charge is 0.329 e. The molecule has 0 radical (unpaired) electrons. The molecule has 1 heterocycles. The van der Waals surface area contributed by atoms with Gasteiger partial charge in [0, 0.05) is 25.2 Å². The van der Waals surface area contributed by atoms with E-state index in [4.69, 9.17) is 5.11 Å². The van der Waals surface area contributed by atoms with Gasteiger partial charge in [0.05, 0.1) is 17.0 Å². The molecule has 152 valence electrons. The van der Waals surface area contributed by atoms with E-state index in [-0.39, 0.29) is 24.6 Å². The molecule has 1 unspecified atom stereocenters. The Hall–Kier alpha value is -3.35. The molecule has 0 aliphatic carbocycles. The van der Waals surface area contributed by atoms with Gasteiger partial charge < -0.3 is 10.4 Å². The van der Waals surface area contributed by atoms with Crippen molar-refractivity contribution in [3.8, 4) is 0 Å². The number of carbonyl (C=O) groups is 2. The third kappa shape index (κ3) is 4.39. The molecule has 2 aromatic carbocycles. The summed E-state index contributed by atoms with van der Waals surface area (Å²) in [7, 11) is 0. The first kappa shape index (κ1) is 20.4. The van der Waals surface area contributed by atoms with Gasteiger partial charge in [-0.1, -0.05) is 31.2 Å². The topological polar surface area (TPSA) is 93.3 Å². The van der Waals surface area contributed by atoms with Crippen molar-refractivity contribution in [1.82, 2.24) is 9.13 Å². The molecule has 0 spiro atoms. The lowest BCUT2D eigenvalue weighted by Crippen LogP contribution is -2.26. The predicted octanol–water partition coefficient (Wildman–Crippen LogP) is 3.43. The van der Waals surface area contributed by atoms with Crippen molar-refractivity contribution >= 4 is 28.6 Å². The fourth-order valence-corrected chi connectivity index (χ4v) is 3.39. The lowest BCUT2D eigenvalue weighted by atomic mass is 10.0. The quantitative estimate of drug-likeness (QED) is 0.611. The number of para-hydroxylation sites is 2. The van der Waals surface area contributed by atoms with Crippen molar-refractivity contribution < 1.29 is 14.7 Å². The van der Waals surface area contributed by atoms with Gasteiger partial charge in [0.1, 0.15) is 0 Å². The number of carboxylic acid groups (broad SMARTS) is 1. The number of benzene rings is 2. The van der Waals surface area contributed by atoms with Gasteiger partial charge in [0.2, 0.25) is 5.91 Å². The number of hydrogen-bond acceptors (Lipinski definition) is 3. The van der Waals surface area contributed by atoms with E-state index >= 15 is 0 Å². The number of rotatable bonds is 8. The summed E-state index contributed by atoms with van der Waals surface area (Å²) < 4.78 is 3.37. The summed E-state index contributed by atoms with van der Waals surface area (Å²) in [4.78, 5) is 36.4. The molecule has 0 saturated heterocycles. The van der Waals surface area contributed by atoms with E-state index < -0.39 is 11.9 Å².